The fourth-order valence-corrected chi connectivity index (χ4v) is 1.97. The number of hydrogen-bond acceptors (Lipinski definition) is 2. The van der Waals surface area contributed by atoms with Crippen molar-refractivity contribution >= 4 is 13.9 Å². The largest absolute Gasteiger partial charge is 0.505 e. The molecule has 8 heteroatoms. The molecule has 0 saturated heterocycles. The summed E-state index contributed by atoms with van der Waals surface area (Å²) in [5.41, 5.74) is 0.456. The predicted molar refractivity (Wildman–Crippen MR) is 62.7 cm³/mol. The Bertz CT molecular complexity index is 450. The molecule has 1 amide bonds. The van der Waals surface area contributed by atoms with E-state index in [1.54, 1.807) is 30.3 Å². The zero-order valence-electron chi connectivity index (χ0n) is 9.72. The number of halogens is 3. The SMILES string of the molecule is O=C(NC(CC[P+](=O)O)c1ccccc1)C(F)(F)F. The van der Waals surface area contributed by atoms with Crippen molar-refractivity contribution in [2.45, 2.75) is 18.6 Å². The maximum atomic E-state index is 12.2. The van der Waals surface area contributed by atoms with E-state index in [4.69, 9.17) is 4.89 Å². The van der Waals surface area contributed by atoms with E-state index in [0.717, 1.165) is 0 Å². The third-order valence-electron chi connectivity index (χ3n) is 2.37. The van der Waals surface area contributed by atoms with Crippen LogP contribution in [0.4, 0.5) is 13.2 Å². The summed E-state index contributed by atoms with van der Waals surface area (Å²) < 4.78 is 47.2. The van der Waals surface area contributed by atoms with Crippen LogP contribution < -0.4 is 5.32 Å². The molecule has 2 unspecified atom stereocenters. The van der Waals surface area contributed by atoms with Crippen LogP contribution in [-0.2, 0) is 9.36 Å². The van der Waals surface area contributed by atoms with E-state index in [9.17, 15) is 22.5 Å². The number of carbonyl (C=O) groups excluding carboxylic acids is 1. The number of hydrogen-bond donors (Lipinski definition) is 2. The van der Waals surface area contributed by atoms with Gasteiger partial charge >= 0.3 is 20.1 Å². The summed E-state index contributed by atoms with van der Waals surface area (Å²) in [7, 11) is -2.46. The van der Waals surface area contributed by atoms with Crippen LogP contribution in [-0.4, -0.2) is 23.1 Å². The normalized spacial score (nSPS) is 13.8. The molecule has 0 heterocycles. The number of nitrogens with one attached hydrogen (secondary N) is 1. The van der Waals surface area contributed by atoms with Crippen molar-refractivity contribution in [2.24, 2.45) is 0 Å². The molecule has 0 aromatic heterocycles. The van der Waals surface area contributed by atoms with Gasteiger partial charge in [0.1, 0.15) is 0 Å². The molecule has 0 aliphatic heterocycles. The number of benzene rings is 1. The molecule has 0 aliphatic rings. The Balaban J connectivity index is 2.81. The Morgan fingerprint density at radius 3 is 2.37 bits per heavy atom. The Labute approximate surface area is 108 Å². The van der Waals surface area contributed by atoms with Gasteiger partial charge in [0.25, 0.3) is 0 Å². The van der Waals surface area contributed by atoms with Gasteiger partial charge in [-0.05, 0) is 10.1 Å². The Morgan fingerprint density at radius 2 is 1.89 bits per heavy atom. The molecule has 2 N–H and O–H groups in total. The lowest BCUT2D eigenvalue weighted by Gasteiger charge is -2.18. The second kappa shape index (κ2) is 6.63. The first-order valence-corrected chi connectivity index (χ1v) is 6.76. The third-order valence-corrected chi connectivity index (χ3v) is 3.01. The molecule has 1 aromatic carbocycles. The van der Waals surface area contributed by atoms with Gasteiger partial charge in [-0.25, -0.2) is 0 Å². The van der Waals surface area contributed by atoms with Crippen molar-refractivity contribution in [3.8, 4) is 0 Å². The summed E-state index contributed by atoms with van der Waals surface area (Å²) in [6, 6.07) is 7.06. The van der Waals surface area contributed by atoms with Crippen LogP contribution in [0.15, 0.2) is 30.3 Å². The molecule has 1 rings (SSSR count). The van der Waals surface area contributed by atoms with E-state index in [0.29, 0.717) is 5.56 Å². The molecule has 0 bridgehead atoms. The minimum atomic E-state index is -4.98. The zero-order valence-corrected chi connectivity index (χ0v) is 10.6. The van der Waals surface area contributed by atoms with E-state index < -0.39 is 26.2 Å². The fourth-order valence-electron chi connectivity index (χ4n) is 1.49. The molecule has 0 saturated carbocycles. The van der Waals surface area contributed by atoms with Gasteiger partial charge in [0.2, 0.25) is 0 Å². The van der Waals surface area contributed by atoms with Crippen LogP contribution in [0.25, 0.3) is 0 Å². The molecule has 4 nitrogen and oxygen atoms in total. The minimum absolute atomic E-state index is 0.0441. The average Bonchev–Trinajstić information content (AvgIpc) is 2.33. The quantitative estimate of drug-likeness (QED) is 0.820. The third kappa shape index (κ3) is 5.36. The van der Waals surface area contributed by atoms with Crippen molar-refractivity contribution < 1.29 is 27.4 Å². The lowest BCUT2D eigenvalue weighted by molar-refractivity contribution is -0.174. The topological polar surface area (TPSA) is 66.4 Å². The summed E-state index contributed by atoms with van der Waals surface area (Å²) in [5, 5.41) is 1.83. The van der Waals surface area contributed by atoms with E-state index in [-0.39, 0.29) is 12.6 Å². The first-order chi connectivity index (χ1) is 8.80. The standard InChI is InChI=1S/C11H11F3NO3P/c12-11(13,14)10(16)15-9(6-7-19(17)18)8-4-2-1-3-5-8/h1-5,9H,6-7H2,(H-,15,16,17,18)/p+1. The monoisotopic (exact) mass is 294 g/mol. The lowest BCUT2D eigenvalue weighted by atomic mass is 10.0. The van der Waals surface area contributed by atoms with Crippen LogP contribution in [0.1, 0.15) is 18.0 Å². The highest BCUT2D eigenvalue weighted by Gasteiger charge is 2.40. The summed E-state index contributed by atoms with van der Waals surface area (Å²) in [5.74, 6) is -2.06. The Hall–Kier alpha value is -1.46. The molecule has 104 valence electrons. The highest BCUT2D eigenvalue weighted by Crippen LogP contribution is 2.25. The van der Waals surface area contributed by atoms with Gasteiger partial charge in [0, 0.05) is 6.42 Å². The number of rotatable bonds is 5. The van der Waals surface area contributed by atoms with Gasteiger partial charge in [-0.2, -0.15) is 18.1 Å². The van der Waals surface area contributed by atoms with E-state index in [2.05, 4.69) is 0 Å². The van der Waals surface area contributed by atoms with E-state index in [1.165, 1.54) is 0 Å². The molecule has 2 atom stereocenters. The van der Waals surface area contributed by atoms with E-state index >= 15 is 0 Å². The van der Waals surface area contributed by atoms with Crippen LogP contribution >= 0.6 is 8.03 Å². The van der Waals surface area contributed by atoms with Gasteiger partial charge in [-0.1, -0.05) is 30.3 Å². The number of alkyl halides is 3. The van der Waals surface area contributed by atoms with Crippen molar-refractivity contribution in [2.75, 3.05) is 6.16 Å². The predicted octanol–water partition coefficient (Wildman–Crippen LogP) is 2.53. The molecule has 0 spiro atoms. The van der Waals surface area contributed by atoms with Gasteiger partial charge < -0.3 is 5.32 Å². The second-order valence-corrected chi connectivity index (χ2v) is 4.95. The summed E-state index contributed by atoms with van der Waals surface area (Å²) in [6.07, 6.45) is -5.21. The first-order valence-electron chi connectivity index (χ1n) is 5.37. The molecule has 19 heavy (non-hydrogen) atoms. The molecule has 0 radical (unpaired) electrons. The van der Waals surface area contributed by atoms with Crippen molar-refractivity contribution in [3.63, 3.8) is 0 Å². The summed E-state index contributed by atoms with van der Waals surface area (Å²) in [6.45, 7) is 0. The van der Waals surface area contributed by atoms with Crippen LogP contribution in [0.5, 0.6) is 0 Å². The molecular formula is C11H12F3NO3P+. The Morgan fingerprint density at radius 1 is 1.32 bits per heavy atom. The average molecular weight is 294 g/mol. The van der Waals surface area contributed by atoms with Gasteiger partial charge in [-0.3, -0.25) is 4.79 Å². The zero-order chi connectivity index (χ0) is 14.5. The highest BCUT2D eigenvalue weighted by molar-refractivity contribution is 7.37. The highest BCUT2D eigenvalue weighted by atomic mass is 31.1. The molecule has 1 aromatic rings. The van der Waals surface area contributed by atoms with Crippen LogP contribution in [0.3, 0.4) is 0 Å². The van der Waals surface area contributed by atoms with Crippen molar-refractivity contribution in [1.82, 2.24) is 5.32 Å². The summed E-state index contributed by atoms with van der Waals surface area (Å²) in [4.78, 5) is 19.6. The second-order valence-electron chi connectivity index (χ2n) is 3.80. The first kappa shape index (κ1) is 15.6. The molecular weight excluding hydrogens is 282 g/mol. The van der Waals surface area contributed by atoms with Gasteiger partial charge in [0.15, 0.2) is 6.16 Å². The van der Waals surface area contributed by atoms with Gasteiger partial charge in [0.05, 0.1) is 6.04 Å². The Kier molecular flexibility index (Phi) is 5.44. The maximum absolute atomic E-state index is 12.2. The molecule has 0 aliphatic carbocycles. The van der Waals surface area contributed by atoms with Crippen molar-refractivity contribution in [1.29, 1.82) is 0 Å². The fraction of sp³-hybridized carbons (Fsp3) is 0.364. The molecule has 0 fully saturated rings. The van der Waals surface area contributed by atoms with Crippen molar-refractivity contribution in [3.05, 3.63) is 35.9 Å². The van der Waals surface area contributed by atoms with Gasteiger partial charge in [-0.15, -0.1) is 0 Å². The maximum Gasteiger partial charge on any atom is 0.505 e. The smallest absolute Gasteiger partial charge is 0.341 e. The summed E-state index contributed by atoms with van der Waals surface area (Å²) >= 11 is 0. The lowest BCUT2D eigenvalue weighted by Crippen LogP contribution is -2.39. The number of carbonyl (C=O) groups is 1. The van der Waals surface area contributed by atoms with E-state index in [1.807, 2.05) is 5.32 Å². The minimum Gasteiger partial charge on any atom is -0.341 e. The van der Waals surface area contributed by atoms with Crippen LogP contribution in [0.2, 0.25) is 0 Å². The van der Waals surface area contributed by atoms with Crippen LogP contribution in [0, 0.1) is 0 Å². The number of amides is 1.